The van der Waals surface area contributed by atoms with Crippen LogP contribution in [0.15, 0.2) is 81.7 Å². The minimum absolute atomic E-state index is 0.170. The molecule has 3 heterocycles. The van der Waals surface area contributed by atoms with E-state index in [1.54, 1.807) is 0 Å². The molecular weight excluding hydrogens is 736 g/mol. The molecule has 7 rings (SSSR count). The quantitative estimate of drug-likeness (QED) is 0.0943. The molecule has 0 radical (unpaired) electrons. The molecule has 4 aromatic carbocycles. The minimum Gasteiger partial charge on any atom is -0.491 e. The van der Waals surface area contributed by atoms with Crippen LogP contribution < -0.4 is 14.2 Å². The van der Waals surface area contributed by atoms with Crippen LogP contribution in [0.3, 0.4) is 0 Å². The molecule has 0 bridgehead atoms. The molecule has 0 N–H and O–H groups in total. The minimum atomic E-state index is -0.496. The summed E-state index contributed by atoms with van der Waals surface area (Å²) < 4.78 is 36.1. The van der Waals surface area contributed by atoms with Gasteiger partial charge in [-0.3, -0.25) is 0 Å². The predicted molar refractivity (Wildman–Crippen MR) is 194 cm³/mol. The molecule has 0 aromatic heterocycles. The van der Waals surface area contributed by atoms with Gasteiger partial charge in [-0.25, -0.2) is 0 Å². The zero-order chi connectivity index (χ0) is 33.6. The van der Waals surface area contributed by atoms with E-state index < -0.39 is 5.41 Å². The van der Waals surface area contributed by atoms with Gasteiger partial charge < -0.3 is 28.4 Å². The molecule has 0 saturated carbocycles. The van der Waals surface area contributed by atoms with Crippen molar-refractivity contribution < 1.29 is 28.4 Å². The van der Waals surface area contributed by atoms with Gasteiger partial charge in [-0.2, -0.15) is 0 Å². The number of benzene rings is 4. The van der Waals surface area contributed by atoms with E-state index in [9.17, 15) is 0 Å². The zero-order valence-electron chi connectivity index (χ0n) is 28.1. The molecule has 4 unspecified atom stereocenters. The molecule has 6 nitrogen and oxygen atoms in total. The summed E-state index contributed by atoms with van der Waals surface area (Å²) in [5.41, 5.74) is 7.48. The van der Waals surface area contributed by atoms with E-state index in [0.717, 1.165) is 62.7 Å². The van der Waals surface area contributed by atoms with Crippen LogP contribution in [-0.2, 0) is 25.0 Å². The first kappa shape index (κ1) is 33.6. The van der Waals surface area contributed by atoms with Crippen LogP contribution in [0.25, 0.3) is 0 Å². The van der Waals surface area contributed by atoms with E-state index in [2.05, 4.69) is 139 Å². The third-order valence-corrected chi connectivity index (χ3v) is 11.0. The highest BCUT2D eigenvalue weighted by Crippen LogP contribution is 2.46. The molecule has 252 valence electrons. The van der Waals surface area contributed by atoms with Gasteiger partial charge in [0.05, 0.1) is 28.8 Å². The highest BCUT2D eigenvalue weighted by Gasteiger charge is 2.35. The SMILES string of the molecule is Cc1cc(C(C)(c2ccc(C(C)(C)c3ccc(OCC4CO4)cc3)cc2)c2cc(Br)c(OCC3CO3)c(Br)c2)cc(C)c1OCC1CO1. The predicted octanol–water partition coefficient (Wildman–Crippen LogP) is 8.84. The lowest BCUT2D eigenvalue weighted by molar-refractivity contribution is 0.260. The van der Waals surface area contributed by atoms with Gasteiger partial charge in [0.15, 0.2) is 0 Å². The Morgan fingerprint density at radius 1 is 0.562 bits per heavy atom. The van der Waals surface area contributed by atoms with Crippen LogP contribution >= 0.6 is 31.9 Å². The molecule has 0 amide bonds. The van der Waals surface area contributed by atoms with E-state index in [4.69, 9.17) is 28.4 Å². The fourth-order valence-corrected chi connectivity index (χ4v) is 7.76. The van der Waals surface area contributed by atoms with Crippen molar-refractivity contribution in [2.75, 3.05) is 39.6 Å². The van der Waals surface area contributed by atoms with Crippen LogP contribution in [0.5, 0.6) is 17.2 Å². The number of aryl methyl sites for hydroxylation is 2. The topological polar surface area (TPSA) is 65.3 Å². The number of hydrogen-bond acceptors (Lipinski definition) is 6. The van der Waals surface area contributed by atoms with Crippen LogP contribution in [0.2, 0.25) is 0 Å². The van der Waals surface area contributed by atoms with Gasteiger partial charge in [-0.15, -0.1) is 0 Å². The summed E-state index contributed by atoms with van der Waals surface area (Å²) in [6.07, 6.45) is 0.609. The lowest BCUT2D eigenvalue weighted by atomic mass is 9.69. The van der Waals surface area contributed by atoms with Crippen LogP contribution in [0.4, 0.5) is 0 Å². The number of hydrogen-bond donors (Lipinski definition) is 0. The molecule has 48 heavy (non-hydrogen) atoms. The molecule has 4 aromatic rings. The second kappa shape index (κ2) is 13.4. The van der Waals surface area contributed by atoms with Crippen LogP contribution in [-0.4, -0.2) is 58.0 Å². The highest BCUT2D eigenvalue weighted by atomic mass is 79.9. The summed E-state index contributed by atoms with van der Waals surface area (Å²) in [6.45, 7) is 15.1. The van der Waals surface area contributed by atoms with Gasteiger partial charge in [-0.1, -0.05) is 62.4 Å². The van der Waals surface area contributed by atoms with Crippen molar-refractivity contribution in [3.05, 3.63) is 121 Å². The lowest BCUT2D eigenvalue weighted by Gasteiger charge is -2.34. The molecule has 3 aliphatic rings. The molecule has 0 spiro atoms. The van der Waals surface area contributed by atoms with Crippen LogP contribution in [0, 0.1) is 13.8 Å². The Bertz CT molecular complexity index is 1660. The average molecular weight is 779 g/mol. The first-order chi connectivity index (χ1) is 23.0. The fraction of sp³-hybridized carbons (Fsp3) is 0.400. The van der Waals surface area contributed by atoms with Gasteiger partial charge in [-0.05, 0) is 116 Å². The van der Waals surface area contributed by atoms with Crippen molar-refractivity contribution in [1.82, 2.24) is 0 Å². The molecule has 3 saturated heterocycles. The van der Waals surface area contributed by atoms with E-state index in [0.29, 0.717) is 19.8 Å². The summed E-state index contributed by atoms with van der Waals surface area (Å²) >= 11 is 7.66. The maximum absolute atomic E-state index is 6.22. The maximum atomic E-state index is 6.22. The van der Waals surface area contributed by atoms with E-state index in [-0.39, 0.29) is 23.7 Å². The Morgan fingerprint density at radius 3 is 1.44 bits per heavy atom. The Kier molecular flexibility index (Phi) is 9.41. The Labute approximate surface area is 300 Å². The van der Waals surface area contributed by atoms with Crippen molar-refractivity contribution in [2.24, 2.45) is 0 Å². The summed E-state index contributed by atoms with van der Waals surface area (Å²) in [4.78, 5) is 0. The molecular formula is C40H42Br2O6. The lowest BCUT2D eigenvalue weighted by Crippen LogP contribution is -2.27. The highest BCUT2D eigenvalue weighted by molar-refractivity contribution is 9.11. The third-order valence-electron chi connectivity index (χ3n) is 9.84. The summed E-state index contributed by atoms with van der Waals surface area (Å²) in [7, 11) is 0. The number of halogens is 2. The van der Waals surface area contributed by atoms with Crippen molar-refractivity contribution in [1.29, 1.82) is 0 Å². The normalized spacial score (nSPS) is 20.9. The largest absolute Gasteiger partial charge is 0.491 e. The molecule has 3 aliphatic heterocycles. The molecule has 8 heteroatoms. The second-order valence-electron chi connectivity index (χ2n) is 13.9. The molecule has 3 fully saturated rings. The van der Waals surface area contributed by atoms with Gasteiger partial charge in [0.1, 0.15) is 55.4 Å². The van der Waals surface area contributed by atoms with Gasteiger partial charge >= 0.3 is 0 Å². The number of epoxide rings is 3. The van der Waals surface area contributed by atoms with Gasteiger partial charge in [0.2, 0.25) is 0 Å². The zero-order valence-corrected chi connectivity index (χ0v) is 31.3. The Balaban J connectivity index is 1.23. The Morgan fingerprint density at radius 2 is 0.958 bits per heavy atom. The van der Waals surface area contributed by atoms with Crippen LogP contribution in [0.1, 0.15) is 59.7 Å². The number of ether oxygens (including phenoxy) is 6. The van der Waals surface area contributed by atoms with Crippen molar-refractivity contribution in [3.8, 4) is 17.2 Å². The van der Waals surface area contributed by atoms with Crippen molar-refractivity contribution in [2.45, 2.75) is 63.8 Å². The monoisotopic (exact) mass is 776 g/mol. The summed E-state index contributed by atoms with van der Waals surface area (Å²) in [6, 6.07) is 26.4. The smallest absolute Gasteiger partial charge is 0.147 e. The first-order valence-corrected chi connectivity index (χ1v) is 18.2. The van der Waals surface area contributed by atoms with E-state index >= 15 is 0 Å². The molecule has 4 atom stereocenters. The van der Waals surface area contributed by atoms with E-state index in [1.807, 2.05) is 0 Å². The van der Waals surface area contributed by atoms with Gasteiger partial charge in [0, 0.05) is 10.8 Å². The summed E-state index contributed by atoms with van der Waals surface area (Å²) in [5.74, 6) is 2.58. The number of rotatable bonds is 14. The maximum Gasteiger partial charge on any atom is 0.147 e. The average Bonchev–Trinajstić information content (AvgIpc) is 3.90. The van der Waals surface area contributed by atoms with E-state index in [1.165, 1.54) is 22.3 Å². The first-order valence-electron chi connectivity index (χ1n) is 16.6. The van der Waals surface area contributed by atoms with Crippen molar-refractivity contribution >= 4 is 31.9 Å². The van der Waals surface area contributed by atoms with Gasteiger partial charge in [0.25, 0.3) is 0 Å². The third kappa shape index (κ3) is 7.19. The van der Waals surface area contributed by atoms with Crippen molar-refractivity contribution in [3.63, 3.8) is 0 Å². The standard InChI is InChI=1S/C40H42Br2O6/c1-24-14-29(15-25(2)37(24)47-22-33-20-45-33)40(5,30-16-35(41)38(36(42)17-30)48-23-34-21-46-34)28-8-6-26(7-9-28)39(3,4)27-10-12-31(13-11-27)43-18-32-19-44-32/h6-17,32-34H,18-23H2,1-5H3. The Hall–Kier alpha value is -2.88. The fourth-order valence-electron chi connectivity index (χ4n) is 6.34. The molecule has 0 aliphatic carbocycles. The second-order valence-corrected chi connectivity index (χ2v) is 15.6. The summed E-state index contributed by atoms with van der Waals surface area (Å²) in [5, 5.41) is 0.